The molecule has 0 aliphatic heterocycles. The fourth-order valence-corrected chi connectivity index (χ4v) is 1.88. The van der Waals surface area contributed by atoms with E-state index in [4.69, 9.17) is 9.15 Å². The largest absolute Gasteiger partial charge is 0.491 e. The highest BCUT2D eigenvalue weighted by Crippen LogP contribution is 2.13. The minimum atomic E-state index is -0.535. The minimum absolute atomic E-state index is 0.283. The monoisotopic (exact) mass is 275 g/mol. The van der Waals surface area contributed by atoms with Crippen LogP contribution >= 0.6 is 0 Å². The van der Waals surface area contributed by atoms with Gasteiger partial charge in [-0.25, -0.2) is 0 Å². The van der Waals surface area contributed by atoms with Gasteiger partial charge in [0.1, 0.15) is 18.5 Å². The summed E-state index contributed by atoms with van der Waals surface area (Å²) >= 11 is 0. The molecule has 1 unspecified atom stereocenters. The quantitative estimate of drug-likeness (QED) is 0.776. The normalized spacial score (nSPS) is 12.3. The van der Waals surface area contributed by atoms with Gasteiger partial charge in [0.25, 0.3) is 0 Å². The Balaban J connectivity index is 1.67. The third-order valence-electron chi connectivity index (χ3n) is 3.04. The molecule has 1 heterocycles. The summed E-state index contributed by atoms with van der Waals surface area (Å²) in [6.07, 6.45) is 3.77. The molecule has 1 atom stereocenters. The van der Waals surface area contributed by atoms with Gasteiger partial charge in [-0.05, 0) is 30.2 Å². The van der Waals surface area contributed by atoms with Crippen LogP contribution in [-0.2, 0) is 13.0 Å². The molecular weight excluding hydrogens is 254 g/mol. The highest BCUT2D eigenvalue weighted by Gasteiger charge is 2.05. The Morgan fingerprint density at radius 2 is 2.20 bits per heavy atom. The first kappa shape index (κ1) is 14.6. The number of aliphatic hydroxyl groups is 1. The maximum Gasteiger partial charge on any atom is 0.119 e. The van der Waals surface area contributed by atoms with E-state index in [0.29, 0.717) is 13.1 Å². The van der Waals surface area contributed by atoms with Crippen molar-refractivity contribution in [3.05, 3.63) is 54.0 Å². The van der Waals surface area contributed by atoms with E-state index in [9.17, 15) is 5.11 Å². The summed E-state index contributed by atoms with van der Waals surface area (Å²) in [5.74, 6) is 0.804. The molecule has 0 aliphatic rings. The summed E-state index contributed by atoms with van der Waals surface area (Å²) in [6.45, 7) is 3.55. The number of ether oxygens (including phenoxy) is 1. The fourth-order valence-electron chi connectivity index (χ4n) is 1.88. The maximum atomic E-state index is 9.85. The average Bonchev–Trinajstić information content (AvgIpc) is 2.98. The van der Waals surface area contributed by atoms with Crippen LogP contribution in [0.3, 0.4) is 0 Å². The molecule has 0 saturated carbocycles. The fraction of sp³-hybridized carbons (Fsp3) is 0.375. The third-order valence-corrected chi connectivity index (χ3v) is 3.04. The number of hydrogen-bond acceptors (Lipinski definition) is 4. The zero-order chi connectivity index (χ0) is 14.2. The van der Waals surface area contributed by atoms with Gasteiger partial charge >= 0.3 is 0 Å². The highest BCUT2D eigenvalue weighted by atomic mass is 16.5. The molecule has 2 aromatic rings. The lowest BCUT2D eigenvalue weighted by atomic mass is 10.2. The Morgan fingerprint density at radius 1 is 1.30 bits per heavy atom. The van der Waals surface area contributed by atoms with Crippen molar-refractivity contribution in [2.45, 2.75) is 26.0 Å². The number of aliphatic hydroxyl groups excluding tert-OH is 1. The van der Waals surface area contributed by atoms with Gasteiger partial charge in [-0.15, -0.1) is 0 Å². The molecule has 4 heteroatoms. The summed E-state index contributed by atoms with van der Waals surface area (Å²) in [5, 5.41) is 13.0. The molecule has 0 bridgehead atoms. The van der Waals surface area contributed by atoms with Crippen LogP contribution in [0.25, 0.3) is 0 Å². The van der Waals surface area contributed by atoms with Crippen molar-refractivity contribution in [2.75, 3.05) is 13.2 Å². The van der Waals surface area contributed by atoms with Gasteiger partial charge in [0, 0.05) is 18.7 Å². The molecule has 20 heavy (non-hydrogen) atoms. The van der Waals surface area contributed by atoms with Crippen molar-refractivity contribution < 1.29 is 14.3 Å². The standard InChI is InChI=1S/C16H21NO3/c1-2-13-4-3-5-16(8-13)20-12-15(18)10-17-9-14-6-7-19-11-14/h3-8,11,15,17-18H,2,9-10,12H2,1H3. The molecule has 0 radical (unpaired) electrons. The van der Waals surface area contributed by atoms with E-state index >= 15 is 0 Å². The second kappa shape index (κ2) is 7.72. The van der Waals surface area contributed by atoms with Crippen LogP contribution in [0.1, 0.15) is 18.1 Å². The van der Waals surface area contributed by atoms with Gasteiger partial charge in [-0.2, -0.15) is 0 Å². The van der Waals surface area contributed by atoms with Crippen molar-refractivity contribution in [3.63, 3.8) is 0 Å². The van der Waals surface area contributed by atoms with Crippen LogP contribution in [0.4, 0.5) is 0 Å². The lowest BCUT2D eigenvalue weighted by molar-refractivity contribution is 0.106. The van der Waals surface area contributed by atoms with Crippen LogP contribution in [0.15, 0.2) is 47.3 Å². The molecule has 1 aromatic heterocycles. The first-order chi connectivity index (χ1) is 9.78. The summed E-state index contributed by atoms with van der Waals surface area (Å²) < 4.78 is 10.6. The number of furan rings is 1. The Morgan fingerprint density at radius 3 is 2.95 bits per heavy atom. The van der Waals surface area contributed by atoms with E-state index < -0.39 is 6.10 Å². The Labute approximate surface area is 119 Å². The number of aryl methyl sites for hydroxylation is 1. The lowest BCUT2D eigenvalue weighted by Crippen LogP contribution is -2.31. The van der Waals surface area contributed by atoms with Gasteiger partial charge in [0.2, 0.25) is 0 Å². The van der Waals surface area contributed by atoms with E-state index in [1.807, 2.05) is 24.3 Å². The molecule has 108 valence electrons. The molecule has 0 spiro atoms. The van der Waals surface area contributed by atoms with Crippen molar-refractivity contribution in [1.82, 2.24) is 5.32 Å². The van der Waals surface area contributed by atoms with Gasteiger partial charge in [-0.3, -0.25) is 0 Å². The van der Waals surface area contributed by atoms with Crippen molar-refractivity contribution in [1.29, 1.82) is 0 Å². The average molecular weight is 275 g/mol. The van der Waals surface area contributed by atoms with Crippen LogP contribution in [0.5, 0.6) is 5.75 Å². The number of nitrogens with one attached hydrogen (secondary N) is 1. The van der Waals surface area contributed by atoms with Crippen molar-refractivity contribution in [2.24, 2.45) is 0 Å². The SMILES string of the molecule is CCc1cccc(OCC(O)CNCc2ccoc2)c1. The Hall–Kier alpha value is -1.78. The maximum absolute atomic E-state index is 9.85. The lowest BCUT2D eigenvalue weighted by Gasteiger charge is -2.13. The van der Waals surface area contributed by atoms with E-state index in [-0.39, 0.29) is 6.61 Å². The smallest absolute Gasteiger partial charge is 0.119 e. The summed E-state index contributed by atoms with van der Waals surface area (Å²) in [7, 11) is 0. The Kier molecular flexibility index (Phi) is 5.65. The van der Waals surface area contributed by atoms with Gasteiger partial charge in [0.15, 0.2) is 0 Å². The number of benzene rings is 1. The van der Waals surface area contributed by atoms with E-state index in [1.165, 1.54) is 5.56 Å². The van der Waals surface area contributed by atoms with E-state index in [1.54, 1.807) is 12.5 Å². The van der Waals surface area contributed by atoms with Gasteiger partial charge in [0.05, 0.1) is 12.5 Å². The topological polar surface area (TPSA) is 54.6 Å². The predicted octanol–water partition coefficient (Wildman–Crippen LogP) is 2.37. The zero-order valence-electron chi connectivity index (χ0n) is 11.7. The van der Waals surface area contributed by atoms with E-state index in [0.717, 1.165) is 17.7 Å². The highest BCUT2D eigenvalue weighted by molar-refractivity contribution is 5.28. The Bertz CT molecular complexity index is 496. The molecule has 1 aromatic carbocycles. The van der Waals surface area contributed by atoms with Crippen LogP contribution in [0.2, 0.25) is 0 Å². The molecule has 0 fully saturated rings. The second-order valence-corrected chi connectivity index (χ2v) is 4.73. The van der Waals surface area contributed by atoms with Crippen LogP contribution < -0.4 is 10.1 Å². The number of hydrogen-bond donors (Lipinski definition) is 2. The molecule has 0 aliphatic carbocycles. The van der Waals surface area contributed by atoms with Gasteiger partial charge in [-0.1, -0.05) is 19.1 Å². The van der Waals surface area contributed by atoms with Gasteiger partial charge < -0.3 is 19.6 Å². The van der Waals surface area contributed by atoms with Crippen LogP contribution in [0, 0.1) is 0 Å². The molecule has 0 saturated heterocycles. The third kappa shape index (κ3) is 4.72. The molecule has 2 N–H and O–H groups in total. The summed E-state index contributed by atoms with van der Waals surface area (Å²) in [4.78, 5) is 0. The molecule has 2 rings (SSSR count). The summed E-state index contributed by atoms with van der Waals surface area (Å²) in [5.41, 5.74) is 2.30. The van der Waals surface area contributed by atoms with Crippen molar-refractivity contribution >= 4 is 0 Å². The summed E-state index contributed by atoms with van der Waals surface area (Å²) in [6, 6.07) is 9.84. The first-order valence-corrected chi connectivity index (χ1v) is 6.89. The molecular formula is C16H21NO3. The zero-order valence-corrected chi connectivity index (χ0v) is 11.7. The second-order valence-electron chi connectivity index (χ2n) is 4.73. The number of rotatable bonds is 8. The predicted molar refractivity (Wildman–Crippen MR) is 77.7 cm³/mol. The van der Waals surface area contributed by atoms with Crippen molar-refractivity contribution in [3.8, 4) is 5.75 Å². The van der Waals surface area contributed by atoms with E-state index in [2.05, 4.69) is 18.3 Å². The molecule has 4 nitrogen and oxygen atoms in total. The minimum Gasteiger partial charge on any atom is -0.491 e. The van der Waals surface area contributed by atoms with Crippen LogP contribution in [-0.4, -0.2) is 24.4 Å². The molecule has 0 amide bonds. The first-order valence-electron chi connectivity index (χ1n) is 6.89.